The van der Waals surface area contributed by atoms with Gasteiger partial charge in [0.1, 0.15) is 5.82 Å². The molecule has 0 amide bonds. The Morgan fingerprint density at radius 3 is 2.80 bits per heavy atom. The van der Waals surface area contributed by atoms with E-state index in [1.165, 1.54) is 11.1 Å². The Morgan fingerprint density at radius 1 is 1.20 bits per heavy atom. The molecule has 1 aromatic carbocycles. The van der Waals surface area contributed by atoms with Gasteiger partial charge in [-0.2, -0.15) is 4.98 Å². The van der Waals surface area contributed by atoms with Gasteiger partial charge in [-0.15, -0.1) is 0 Å². The average Bonchev–Trinajstić information content (AvgIpc) is 3.24. The van der Waals surface area contributed by atoms with Gasteiger partial charge in [0.25, 0.3) is 0 Å². The highest BCUT2D eigenvalue weighted by molar-refractivity contribution is 14.1. The zero-order valence-corrected chi connectivity index (χ0v) is 22.8. The summed E-state index contributed by atoms with van der Waals surface area (Å²) in [5.41, 5.74) is 4.52. The predicted octanol–water partition coefficient (Wildman–Crippen LogP) is 5.70. The van der Waals surface area contributed by atoms with E-state index in [0.717, 1.165) is 52.9 Å². The van der Waals surface area contributed by atoms with Crippen molar-refractivity contribution < 1.29 is 14.4 Å². The van der Waals surface area contributed by atoms with Crippen molar-refractivity contribution in [1.82, 2.24) is 15.1 Å². The Labute approximate surface area is 220 Å². The summed E-state index contributed by atoms with van der Waals surface area (Å²) >= 11 is 2.30. The van der Waals surface area contributed by atoms with Crippen molar-refractivity contribution in [3.63, 3.8) is 0 Å². The predicted molar refractivity (Wildman–Crippen MR) is 144 cm³/mol. The number of rotatable bonds is 9. The molecular formula is C27H33IN4O3. The van der Waals surface area contributed by atoms with Crippen LogP contribution in [0.15, 0.2) is 34.9 Å². The summed E-state index contributed by atoms with van der Waals surface area (Å²) in [5.74, 6) is 1.09. The van der Waals surface area contributed by atoms with Crippen LogP contribution >= 0.6 is 22.6 Å². The Morgan fingerprint density at radius 2 is 2.03 bits per heavy atom. The van der Waals surface area contributed by atoms with Crippen molar-refractivity contribution in [2.45, 2.75) is 77.0 Å². The van der Waals surface area contributed by atoms with Gasteiger partial charge in [-0.05, 0) is 88.6 Å². The maximum atomic E-state index is 11.6. The number of benzene rings is 1. The maximum absolute atomic E-state index is 11.6. The van der Waals surface area contributed by atoms with E-state index in [1.54, 1.807) is 0 Å². The molecule has 0 aliphatic carbocycles. The van der Waals surface area contributed by atoms with E-state index in [1.807, 2.05) is 0 Å². The first-order valence-electron chi connectivity index (χ1n) is 12.2. The van der Waals surface area contributed by atoms with Gasteiger partial charge in [0, 0.05) is 34.6 Å². The lowest BCUT2D eigenvalue weighted by atomic mass is 9.83. The Bertz CT molecular complexity index is 1190. The van der Waals surface area contributed by atoms with Gasteiger partial charge in [-0.25, -0.2) is 4.98 Å². The molecule has 0 bridgehead atoms. The largest absolute Gasteiger partial charge is 0.481 e. The van der Waals surface area contributed by atoms with Gasteiger partial charge >= 0.3 is 5.97 Å². The Kier molecular flexibility index (Phi) is 8.09. The summed E-state index contributed by atoms with van der Waals surface area (Å²) < 4.78 is 6.62. The SMILES string of the molecule is CC(C)(C)c1cc(I)cc(C(CC(=O)O)Cc2nc(CCCc3ccc4c(n3)NCCC4)no2)c1. The smallest absolute Gasteiger partial charge is 0.303 e. The molecule has 0 saturated heterocycles. The third kappa shape index (κ3) is 7.02. The van der Waals surface area contributed by atoms with Crippen LogP contribution in [0.2, 0.25) is 0 Å². The van der Waals surface area contributed by atoms with Crippen molar-refractivity contribution in [3.8, 4) is 0 Å². The fraction of sp³-hybridized carbons (Fsp3) is 0.481. The van der Waals surface area contributed by atoms with Crippen LogP contribution in [0.4, 0.5) is 5.82 Å². The lowest BCUT2D eigenvalue weighted by Gasteiger charge is -2.22. The quantitative estimate of drug-likeness (QED) is 0.309. The lowest BCUT2D eigenvalue weighted by Crippen LogP contribution is -2.15. The topological polar surface area (TPSA) is 101 Å². The molecule has 8 heteroatoms. The summed E-state index contributed by atoms with van der Waals surface area (Å²) in [6, 6.07) is 10.6. The first-order valence-corrected chi connectivity index (χ1v) is 13.3. The van der Waals surface area contributed by atoms with Crippen molar-refractivity contribution in [3.05, 3.63) is 68.0 Å². The molecular weight excluding hydrogens is 555 g/mol. The molecule has 35 heavy (non-hydrogen) atoms. The van der Waals surface area contributed by atoms with E-state index >= 15 is 0 Å². The number of hydrogen-bond acceptors (Lipinski definition) is 6. The zero-order valence-electron chi connectivity index (χ0n) is 20.6. The number of aliphatic carboxylic acids is 1. The number of carboxylic acid groups (broad SMARTS) is 1. The van der Waals surface area contributed by atoms with E-state index in [2.05, 4.69) is 89.2 Å². The number of aromatic nitrogens is 3. The molecule has 0 saturated carbocycles. The standard InChI is InChI=1S/C27H33IN4O3/c1-27(2,3)20-12-18(13-21(28)16-20)19(15-25(33)34)14-24-31-23(32-35-24)8-4-7-22-10-9-17-6-5-11-29-26(17)30-22/h9-10,12-13,16,19H,4-8,11,14-15H2,1-3H3,(H,29,30)(H,33,34). The van der Waals surface area contributed by atoms with Crippen molar-refractivity contribution >= 4 is 34.4 Å². The second kappa shape index (κ2) is 11.1. The fourth-order valence-electron chi connectivity index (χ4n) is 4.42. The number of pyridine rings is 1. The molecule has 3 aromatic rings. The van der Waals surface area contributed by atoms with E-state index in [9.17, 15) is 9.90 Å². The number of carboxylic acids is 1. The fourth-order valence-corrected chi connectivity index (χ4v) is 5.12. The molecule has 7 nitrogen and oxygen atoms in total. The Hall–Kier alpha value is -2.49. The van der Waals surface area contributed by atoms with Crippen LogP contribution in [-0.2, 0) is 35.9 Å². The summed E-state index contributed by atoms with van der Waals surface area (Å²) in [4.78, 5) is 21.0. The highest BCUT2D eigenvalue weighted by atomic mass is 127. The third-order valence-corrected chi connectivity index (χ3v) is 7.02. The van der Waals surface area contributed by atoms with Gasteiger partial charge < -0.3 is 14.9 Å². The zero-order chi connectivity index (χ0) is 25.0. The van der Waals surface area contributed by atoms with Crippen molar-refractivity contribution in [2.75, 3.05) is 11.9 Å². The highest BCUT2D eigenvalue weighted by Crippen LogP contribution is 2.31. The molecule has 1 aliphatic rings. The minimum Gasteiger partial charge on any atom is -0.481 e. The summed E-state index contributed by atoms with van der Waals surface area (Å²) in [7, 11) is 0. The third-order valence-electron chi connectivity index (χ3n) is 6.39. The molecule has 0 fully saturated rings. The molecule has 4 rings (SSSR count). The molecule has 2 aromatic heterocycles. The number of nitrogens with zero attached hydrogens (tertiary/aromatic N) is 3. The second-order valence-electron chi connectivity index (χ2n) is 10.3. The molecule has 0 radical (unpaired) electrons. The van der Waals surface area contributed by atoms with Crippen molar-refractivity contribution in [2.24, 2.45) is 0 Å². The van der Waals surface area contributed by atoms with Gasteiger partial charge in [0.2, 0.25) is 5.89 Å². The number of hydrogen-bond donors (Lipinski definition) is 2. The number of fused-ring (bicyclic) bond motifs is 1. The molecule has 3 heterocycles. The first kappa shape index (κ1) is 25.6. The van der Waals surface area contributed by atoms with Crippen LogP contribution in [0.3, 0.4) is 0 Å². The number of halogens is 1. The molecule has 0 spiro atoms. The summed E-state index contributed by atoms with van der Waals surface area (Å²) in [6.07, 6.45) is 5.07. The van der Waals surface area contributed by atoms with Gasteiger partial charge in [0.15, 0.2) is 5.82 Å². The van der Waals surface area contributed by atoms with Crippen LogP contribution in [0.25, 0.3) is 0 Å². The van der Waals surface area contributed by atoms with Gasteiger partial charge in [-0.1, -0.05) is 38.1 Å². The van der Waals surface area contributed by atoms with Crippen LogP contribution in [-0.4, -0.2) is 32.7 Å². The molecule has 1 atom stereocenters. The minimum atomic E-state index is -0.835. The summed E-state index contributed by atoms with van der Waals surface area (Å²) in [5, 5.41) is 17.1. The highest BCUT2D eigenvalue weighted by Gasteiger charge is 2.23. The number of carbonyl (C=O) groups is 1. The maximum Gasteiger partial charge on any atom is 0.303 e. The van der Waals surface area contributed by atoms with E-state index in [-0.39, 0.29) is 17.8 Å². The van der Waals surface area contributed by atoms with Crippen LogP contribution in [0, 0.1) is 3.57 Å². The second-order valence-corrected chi connectivity index (χ2v) is 11.6. The lowest BCUT2D eigenvalue weighted by molar-refractivity contribution is -0.137. The van der Waals surface area contributed by atoms with Crippen LogP contribution in [0.5, 0.6) is 0 Å². The van der Waals surface area contributed by atoms with Gasteiger partial charge in [-0.3, -0.25) is 4.79 Å². The molecule has 186 valence electrons. The van der Waals surface area contributed by atoms with Gasteiger partial charge in [0.05, 0.1) is 6.42 Å². The average molecular weight is 588 g/mol. The molecule has 2 N–H and O–H groups in total. The minimum absolute atomic E-state index is 0.0133. The van der Waals surface area contributed by atoms with Crippen LogP contribution in [0.1, 0.15) is 80.1 Å². The number of nitrogens with one attached hydrogen (secondary N) is 1. The van der Waals surface area contributed by atoms with Crippen LogP contribution < -0.4 is 5.32 Å². The number of aryl methyl sites for hydroxylation is 3. The van der Waals surface area contributed by atoms with E-state index in [4.69, 9.17) is 9.51 Å². The normalized spacial score (nSPS) is 14.3. The van der Waals surface area contributed by atoms with Crippen molar-refractivity contribution in [1.29, 1.82) is 0 Å². The Balaban J connectivity index is 1.40. The van der Waals surface area contributed by atoms with E-state index in [0.29, 0.717) is 24.6 Å². The monoisotopic (exact) mass is 588 g/mol. The number of anilines is 1. The first-order chi connectivity index (χ1) is 16.7. The molecule has 1 unspecified atom stereocenters. The summed E-state index contributed by atoms with van der Waals surface area (Å²) in [6.45, 7) is 7.47. The molecule has 1 aliphatic heterocycles. The van der Waals surface area contributed by atoms with E-state index < -0.39 is 5.97 Å².